The molecule has 0 spiro atoms. The van der Waals surface area contributed by atoms with E-state index in [-0.39, 0.29) is 16.4 Å². The normalized spacial score (nSPS) is 16.4. The van der Waals surface area contributed by atoms with E-state index >= 15 is 0 Å². The Bertz CT molecular complexity index is 1580. The van der Waals surface area contributed by atoms with Gasteiger partial charge in [0, 0.05) is 24.7 Å². The summed E-state index contributed by atoms with van der Waals surface area (Å²) in [6.07, 6.45) is 0.379. The van der Waals surface area contributed by atoms with E-state index in [2.05, 4.69) is 9.71 Å². The Morgan fingerprint density at radius 2 is 1.74 bits per heavy atom. The number of amides is 1. The monoisotopic (exact) mass is 477 g/mol. The maximum atomic E-state index is 13.0. The molecule has 1 aliphatic heterocycles. The second-order valence-corrected chi connectivity index (χ2v) is 10.1. The number of aromatic nitrogens is 1. The molecule has 1 aromatic heterocycles. The van der Waals surface area contributed by atoms with Gasteiger partial charge in [-0.1, -0.05) is 24.3 Å². The molecule has 1 amide bonds. The molecule has 2 N–H and O–H groups in total. The van der Waals surface area contributed by atoms with Crippen LogP contribution in [0.1, 0.15) is 12.0 Å². The van der Waals surface area contributed by atoms with Crippen LogP contribution in [0, 0.1) is 0 Å². The number of aromatic amines is 1. The van der Waals surface area contributed by atoms with Gasteiger partial charge in [-0.2, -0.15) is 4.72 Å². The summed E-state index contributed by atoms with van der Waals surface area (Å²) in [5.74, 6) is 0.363. The van der Waals surface area contributed by atoms with E-state index in [1.54, 1.807) is 36.3 Å². The summed E-state index contributed by atoms with van der Waals surface area (Å²) < 4.78 is 33.9. The zero-order valence-corrected chi connectivity index (χ0v) is 19.3. The average molecular weight is 478 g/mol. The number of benzene rings is 3. The van der Waals surface area contributed by atoms with Gasteiger partial charge in [0.2, 0.25) is 21.5 Å². The van der Waals surface area contributed by atoms with Gasteiger partial charge in [0.1, 0.15) is 11.8 Å². The molecule has 3 aromatic carbocycles. The summed E-state index contributed by atoms with van der Waals surface area (Å²) in [6.45, 7) is 0.768. The number of pyridine rings is 1. The van der Waals surface area contributed by atoms with Crippen molar-refractivity contribution in [1.82, 2.24) is 14.6 Å². The Hall–Kier alpha value is -3.69. The van der Waals surface area contributed by atoms with Gasteiger partial charge in [0.15, 0.2) is 0 Å². The summed E-state index contributed by atoms with van der Waals surface area (Å²) in [6, 6.07) is 18.3. The number of nitrogens with zero attached hydrogens (tertiary/aromatic N) is 1. The van der Waals surface area contributed by atoms with Gasteiger partial charge >= 0.3 is 0 Å². The smallest absolute Gasteiger partial charge is 0.248 e. The molecule has 1 saturated heterocycles. The molecule has 1 atom stereocenters. The predicted molar refractivity (Wildman–Crippen MR) is 129 cm³/mol. The van der Waals surface area contributed by atoms with Crippen molar-refractivity contribution in [3.05, 3.63) is 82.6 Å². The third-order valence-corrected chi connectivity index (χ3v) is 7.56. The number of carbonyl (C=O) groups excluding carboxylic acids is 1. The van der Waals surface area contributed by atoms with Crippen LogP contribution in [-0.4, -0.2) is 43.9 Å². The lowest BCUT2D eigenvalue weighted by Crippen LogP contribution is -2.41. The number of likely N-dealkylation sites (tertiary alicyclic amines) is 1. The molecule has 9 heteroatoms. The second kappa shape index (κ2) is 8.58. The van der Waals surface area contributed by atoms with Gasteiger partial charge in [0.05, 0.1) is 12.0 Å². The Morgan fingerprint density at radius 3 is 2.56 bits per heavy atom. The van der Waals surface area contributed by atoms with Crippen molar-refractivity contribution >= 4 is 37.6 Å². The van der Waals surface area contributed by atoms with Crippen molar-refractivity contribution in [2.45, 2.75) is 23.9 Å². The van der Waals surface area contributed by atoms with Gasteiger partial charge in [-0.15, -0.1) is 0 Å². The minimum atomic E-state index is -3.90. The van der Waals surface area contributed by atoms with Crippen LogP contribution >= 0.6 is 0 Å². The van der Waals surface area contributed by atoms with Crippen LogP contribution in [0.15, 0.2) is 76.4 Å². The molecular weight excluding hydrogens is 454 g/mol. The van der Waals surface area contributed by atoms with Crippen molar-refractivity contribution in [3.63, 3.8) is 0 Å². The number of ether oxygens (including phenoxy) is 1. The number of nitrogens with one attached hydrogen (secondary N) is 2. The molecule has 0 unspecified atom stereocenters. The van der Waals surface area contributed by atoms with Crippen molar-refractivity contribution in [1.29, 1.82) is 0 Å². The van der Waals surface area contributed by atoms with Crippen LogP contribution in [0.3, 0.4) is 0 Å². The highest BCUT2D eigenvalue weighted by Crippen LogP contribution is 2.25. The molecule has 34 heavy (non-hydrogen) atoms. The first kappa shape index (κ1) is 22.1. The lowest BCUT2D eigenvalue weighted by atomic mass is 10.1. The van der Waals surface area contributed by atoms with Crippen LogP contribution < -0.4 is 15.0 Å². The van der Waals surface area contributed by atoms with Gasteiger partial charge < -0.3 is 14.6 Å². The lowest BCUT2D eigenvalue weighted by Gasteiger charge is -2.18. The minimum absolute atomic E-state index is 0.0954. The number of H-pyrrole nitrogens is 1. The van der Waals surface area contributed by atoms with E-state index in [0.717, 1.165) is 21.7 Å². The van der Waals surface area contributed by atoms with Crippen molar-refractivity contribution in [2.75, 3.05) is 13.7 Å². The largest absolute Gasteiger partial charge is 0.497 e. The molecule has 1 fully saturated rings. The van der Waals surface area contributed by atoms with E-state index < -0.39 is 16.1 Å². The maximum absolute atomic E-state index is 13.0. The van der Waals surface area contributed by atoms with E-state index in [1.807, 2.05) is 30.3 Å². The first-order valence-corrected chi connectivity index (χ1v) is 12.3. The lowest BCUT2D eigenvalue weighted by molar-refractivity contribution is -0.129. The van der Waals surface area contributed by atoms with Gasteiger partial charge in [-0.3, -0.25) is 9.59 Å². The van der Waals surface area contributed by atoms with Crippen LogP contribution in [0.25, 0.3) is 21.7 Å². The summed E-state index contributed by atoms with van der Waals surface area (Å²) in [5, 5.41) is 2.52. The first-order valence-electron chi connectivity index (χ1n) is 10.8. The molecule has 5 rings (SSSR count). The van der Waals surface area contributed by atoms with Gasteiger partial charge in [0.25, 0.3) is 0 Å². The Kier molecular flexibility index (Phi) is 5.59. The zero-order chi connectivity index (χ0) is 23.9. The molecule has 174 valence electrons. The first-order chi connectivity index (χ1) is 16.3. The molecule has 0 saturated carbocycles. The highest BCUT2D eigenvalue weighted by molar-refractivity contribution is 7.89. The van der Waals surface area contributed by atoms with Crippen molar-refractivity contribution in [2.24, 2.45) is 0 Å². The van der Waals surface area contributed by atoms with E-state index in [1.165, 1.54) is 12.1 Å². The summed E-state index contributed by atoms with van der Waals surface area (Å²) in [7, 11) is -2.34. The molecular formula is C25H23N3O5S. The number of hydrogen-bond acceptors (Lipinski definition) is 5. The topological polar surface area (TPSA) is 109 Å². The van der Waals surface area contributed by atoms with E-state index in [0.29, 0.717) is 30.8 Å². The van der Waals surface area contributed by atoms with E-state index in [4.69, 9.17) is 4.74 Å². The fourth-order valence-electron chi connectivity index (χ4n) is 4.27. The second-order valence-electron chi connectivity index (χ2n) is 8.34. The Balaban J connectivity index is 1.32. The molecule has 0 radical (unpaired) electrons. The number of hydrogen-bond donors (Lipinski definition) is 2. The number of sulfonamides is 1. The minimum Gasteiger partial charge on any atom is -0.497 e. The SMILES string of the molecule is COc1ccc2ccc(S(=O)(=O)N[C@H]3CCN(Cc4ccc5ccc(=O)[nH]c5c4)C3=O)cc2c1. The summed E-state index contributed by atoms with van der Waals surface area (Å²) >= 11 is 0. The fourth-order valence-corrected chi connectivity index (χ4v) is 5.53. The molecule has 1 aliphatic rings. The molecule has 0 aliphatic carbocycles. The number of carbonyl (C=O) groups is 1. The number of rotatable bonds is 6. The molecule has 8 nitrogen and oxygen atoms in total. The number of methoxy groups -OCH3 is 1. The van der Waals surface area contributed by atoms with Crippen molar-refractivity contribution < 1.29 is 17.9 Å². The standard InChI is InChI=1S/C25H23N3O5S/c1-33-20-7-4-17-5-8-21(14-19(17)13-20)34(31,32)27-22-10-11-28(25(22)30)15-16-2-3-18-6-9-24(29)26-23(18)12-16/h2-9,12-14,22,27H,10-11,15H2,1H3,(H,26,29)/t22-/m0/s1. The van der Waals surface area contributed by atoms with Crippen LogP contribution in [0.4, 0.5) is 0 Å². The summed E-state index contributed by atoms with van der Waals surface area (Å²) in [4.78, 5) is 29.1. The quantitative estimate of drug-likeness (QED) is 0.444. The molecule has 4 aromatic rings. The van der Waals surface area contributed by atoms with Crippen LogP contribution in [0.5, 0.6) is 5.75 Å². The van der Waals surface area contributed by atoms with Crippen LogP contribution in [0.2, 0.25) is 0 Å². The highest BCUT2D eigenvalue weighted by atomic mass is 32.2. The highest BCUT2D eigenvalue weighted by Gasteiger charge is 2.35. The third-order valence-electron chi connectivity index (χ3n) is 6.09. The van der Waals surface area contributed by atoms with Crippen LogP contribution in [-0.2, 0) is 21.4 Å². The Labute approximate surface area is 196 Å². The maximum Gasteiger partial charge on any atom is 0.248 e. The van der Waals surface area contributed by atoms with E-state index in [9.17, 15) is 18.0 Å². The Morgan fingerprint density at radius 1 is 0.971 bits per heavy atom. The third kappa shape index (κ3) is 4.27. The predicted octanol–water partition coefficient (Wildman–Crippen LogP) is 2.77. The van der Waals surface area contributed by atoms with Gasteiger partial charge in [-0.05, 0) is 64.5 Å². The molecule has 0 bridgehead atoms. The molecule has 2 heterocycles. The van der Waals surface area contributed by atoms with Gasteiger partial charge in [-0.25, -0.2) is 8.42 Å². The summed E-state index contributed by atoms with van der Waals surface area (Å²) in [5.41, 5.74) is 1.36. The van der Waals surface area contributed by atoms with Crippen molar-refractivity contribution in [3.8, 4) is 5.75 Å². The number of fused-ring (bicyclic) bond motifs is 2. The zero-order valence-electron chi connectivity index (χ0n) is 18.4. The average Bonchev–Trinajstić information content (AvgIpc) is 3.16. The fraction of sp³-hybridized carbons (Fsp3) is 0.200.